The van der Waals surface area contributed by atoms with Crippen LogP contribution in [0.1, 0.15) is 6.92 Å². The highest BCUT2D eigenvalue weighted by atomic mass is 16.5. The minimum Gasteiger partial charge on any atom is -0.497 e. The monoisotopic (exact) mass is 428 g/mol. The first-order valence-electron chi connectivity index (χ1n) is 10.3. The molecule has 0 unspecified atom stereocenters. The number of nitrogens with one attached hydrogen (secondary N) is 1. The molecule has 1 aromatic heterocycles. The molecule has 3 aromatic carbocycles. The lowest BCUT2D eigenvalue weighted by atomic mass is 10.2. The number of aromatic nitrogens is 2. The number of hydrogen-bond donors (Lipinski definition) is 1. The van der Waals surface area contributed by atoms with Gasteiger partial charge in [0.1, 0.15) is 18.1 Å². The summed E-state index contributed by atoms with van der Waals surface area (Å²) in [5.41, 5.74) is 2.42. The van der Waals surface area contributed by atoms with E-state index in [1.165, 1.54) is 0 Å². The number of nitrogens with zero attached hydrogens (tertiary/aromatic N) is 3. The molecule has 0 saturated carbocycles. The summed E-state index contributed by atoms with van der Waals surface area (Å²) in [7, 11) is 1.61. The molecule has 7 nitrogen and oxygen atoms in total. The van der Waals surface area contributed by atoms with Crippen LogP contribution >= 0.6 is 0 Å². The summed E-state index contributed by atoms with van der Waals surface area (Å²) < 4.78 is 10.5. The zero-order valence-corrected chi connectivity index (χ0v) is 18.0. The van der Waals surface area contributed by atoms with Gasteiger partial charge in [-0.15, -0.1) is 0 Å². The van der Waals surface area contributed by atoms with Crippen molar-refractivity contribution in [2.24, 2.45) is 0 Å². The maximum Gasteiger partial charge on any atom is 0.326 e. The summed E-state index contributed by atoms with van der Waals surface area (Å²) in [6.07, 6.45) is 0. The van der Waals surface area contributed by atoms with E-state index in [2.05, 4.69) is 5.32 Å². The molecule has 0 aliphatic carbocycles. The number of anilines is 4. The predicted molar refractivity (Wildman–Crippen MR) is 126 cm³/mol. The van der Waals surface area contributed by atoms with Crippen molar-refractivity contribution < 1.29 is 14.3 Å². The molecule has 0 spiro atoms. The molecule has 4 rings (SSSR count). The van der Waals surface area contributed by atoms with Crippen LogP contribution < -0.4 is 15.0 Å². The van der Waals surface area contributed by atoms with Gasteiger partial charge in [0.2, 0.25) is 5.95 Å². The molecule has 32 heavy (non-hydrogen) atoms. The highest BCUT2D eigenvalue weighted by Gasteiger charge is 2.20. The Morgan fingerprint density at radius 1 is 0.938 bits per heavy atom. The normalized spacial score (nSPS) is 10.6. The molecule has 0 fully saturated rings. The number of benzene rings is 3. The van der Waals surface area contributed by atoms with Gasteiger partial charge in [0.15, 0.2) is 0 Å². The molecule has 4 aromatic rings. The van der Waals surface area contributed by atoms with Gasteiger partial charge < -0.3 is 14.8 Å². The van der Waals surface area contributed by atoms with Gasteiger partial charge in [0.05, 0.1) is 19.2 Å². The molecule has 7 heteroatoms. The fourth-order valence-corrected chi connectivity index (χ4v) is 3.31. The van der Waals surface area contributed by atoms with E-state index in [0.717, 1.165) is 28.0 Å². The summed E-state index contributed by atoms with van der Waals surface area (Å²) in [5.74, 6) is 1.40. The molecular formula is C25H24N4O3. The van der Waals surface area contributed by atoms with Crippen molar-refractivity contribution in [2.75, 3.05) is 30.5 Å². The van der Waals surface area contributed by atoms with Gasteiger partial charge in [0, 0.05) is 16.8 Å². The van der Waals surface area contributed by atoms with Crippen LogP contribution in [-0.2, 0) is 9.53 Å². The average molecular weight is 428 g/mol. The van der Waals surface area contributed by atoms with Crippen LogP contribution in [0.25, 0.3) is 10.9 Å². The number of esters is 1. The standard InChI is InChI=1S/C25H24N4O3/c1-3-32-23(30)17-29(19-13-15-20(31-2)16-14-19)25-27-22-12-8-7-11-21(22)24(28-25)26-18-9-5-4-6-10-18/h4-16H,3,17H2,1-2H3,(H,26,27,28). The van der Waals surface area contributed by atoms with Crippen molar-refractivity contribution in [3.05, 3.63) is 78.9 Å². The number of methoxy groups -OCH3 is 1. The summed E-state index contributed by atoms with van der Waals surface area (Å²) in [6.45, 7) is 2.06. The smallest absolute Gasteiger partial charge is 0.326 e. The van der Waals surface area contributed by atoms with Gasteiger partial charge in [0.25, 0.3) is 0 Å². The number of carbonyl (C=O) groups excluding carboxylic acids is 1. The molecule has 1 N–H and O–H groups in total. The maximum atomic E-state index is 12.4. The van der Waals surface area contributed by atoms with Crippen molar-refractivity contribution in [3.63, 3.8) is 0 Å². The Hall–Kier alpha value is -4.13. The van der Waals surface area contributed by atoms with Gasteiger partial charge in [-0.25, -0.2) is 4.98 Å². The van der Waals surface area contributed by atoms with Crippen molar-refractivity contribution in [1.82, 2.24) is 9.97 Å². The van der Waals surface area contributed by atoms with Crippen LogP contribution in [0.5, 0.6) is 5.75 Å². The first kappa shape index (κ1) is 21.1. The van der Waals surface area contributed by atoms with E-state index in [0.29, 0.717) is 18.4 Å². The Balaban J connectivity index is 1.80. The van der Waals surface area contributed by atoms with Crippen LogP contribution in [0, 0.1) is 0 Å². The second-order valence-electron chi connectivity index (χ2n) is 6.97. The average Bonchev–Trinajstić information content (AvgIpc) is 2.83. The molecule has 0 bridgehead atoms. The fraction of sp³-hybridized carbons (Fsp3) is 0.160. The second kappa shape index (κ2) is 9.78. The lowest BCUT2D eigenvalue weighted by molar-refractivity contribution is -0.141. The quantitative estimate of drug-likeness (QED) is 0.392. The molecule has 0 radical (unpaired) electrons. The molecular weight excluding hydrogens is 404 g/mol. The molecule has 162 valence electrons. The molecule has 0 aliphatic heterocycles. The topological polar surface area (TPSA) is 76.6 Å². The van der Waals surface area contributed by atoms with Crippen molar-refractivity contribution in [1.29, 1.82) is 0 Å². The van der Waals surface area contributed by atoms with Crippen LogP contribution in [0.2, 0.25) is 0 Å². The van der Waals surface area contributed by atoms with Crippen LogP contribution in [0.4, 0.5) is 23.1 Å². The van der Waals surface area contributed by atoms with Crippen LogP contribution in [0.15, 0.2) is 78.9 Å². The number of ether oxygens (including phenoxy) is 2. The Kier molecular flexibility index (Phi) is 6.46. The summed E-state index contributed by atoms with van der Waals surface area (Å²) >= 11 is 0. The SMILES string of the molecule is CCOC(=O)CN(c1ccc(OC)cc1)c1nc(Nc2ccccc2)c2ccccc2n1. The van der Waals surface area contributed by atoms with Gasteiger partial charge in [-0.2, -0.15) is 4.98 Å². The number of fused-ring (bicyclic) bond motifs is 1. The van der Waals surface area contributed by atoms with Crippen molar-refractivity contribution >= 4 is 40.0 Å². The van der Waals surface area contributed by atoms with Crippen LogP contribution in [-0.4, -0.2) is 36.2 Å². The highest BCUT2D eigenvalue weighted by molar-refractivity contribution is 5.92. The summed E-state index contributed by atoms with van der Waals surface area (Å²) in [4.78, 5) is 23.7. The first-order chi connectivity index (χ1) is 15.7. The van der Waals surface area contributed by atoms with Crippen molar-refractivity contribution in [3.8, 4) is 5.75 Å². The third-order valence-electron chi connectivity index (χ3n) is 4.85. The Morgan fingerprint density at radius 2 is 1.66 bits per heavy atom. The minimum atomic E-state index is -0.363. The van der Waals surface area contributed by atoms with E-state index in [9.17, 15) is 4.79 Å². The first-order valence-corrected chi connectivity index (χ1v) is 10.3. The maximum absolute atomic E-state index is 12.4. The fourth-order valence-electron chi connectivity index (χ4n) is 3.31. The minimum absolute atomic E-state index is 0.0245. The zero-order chi connectivity index (χ0) is 22.3. The van der Waals surface area contributed by atoms with Gasteiger partial charge >= 0.3 is 5.97 Å². The Labute approximate surface area is 186 Å². The predicted octanol–water partition coefficient (Wildman–Crippen LogP) is 5.08. The van der Waals surface area contributed by atoms with Gasteiger partial charge in [-0.1, -0.05) is 30.3 Å². The molecule has 0 atom stereocenters. The number of hydrogen-bond acceptors (Lipinski definition) is 7. The molecule has 0 aliphatic rings. The van der Waals surface area contributed by atoms with E-state index in [1.54, 1.807) is 18.9 Å². The number of rotatable bonds is 8. The molecule has 1 heterocycles. The number of para-hydroxylation sites is 2. The molecule has 0 saturated heterocycles. The second-order valence-corrected chi connectivity index (χ2v) is 6.97. The van der Waals surface area contributed by atoms with E-state index in [-0.39, 0.29) is 12.5 Å². The zero-order valence-electron chi connectivity index (χ0n) is 18.0. The lowest BCUT2D eigenvalue weighted by Crippen LogP contribution is -2.28. The van der Waals surface area contributed by atoms with E-state index >= 15 is 0 Å². The Bertz CT molecular complexity index is 1200. The van der Waals surface area contributed by atoms with E-state index in [1.807, 2.05) is 78.9 Å². The lowest BCUT2D eigenvalue weighted by Gasteiger charge is -2.23. The van der Waals surface area contributed by atoms with E-state index < -0.39 is 0 Å². The summed E-state index contributed by atoms with van der Waals surface area (Å²) in [6, 6.07) is 25.0. The molecule has 0 amide bonds. The number of carbonyl (C=O) groups is 1. The highest BCUT2D eigenvalue weighted by Crippen LogP contribution is 2.30. The van der Waals surface area contributed by atoms with Crippen molar-refractivity contribution in [2.45, 2.75) is 6.92 Å². The van der Waals surface area contributed by atoms with Gasteiger partial charge in [-0.05, 0) is 55.5 Å². The largest absolute Gasteiger partial charge is 0.497 e. The Morgan fingerprint density at radius 3 is 2.38 bits per heavy atom. The van der Waals surface area contributed by atoms with E-state index in [4.69, 9.17) is 19.4 Å². The van der Waals surface area contributed by atoms with Gasteiger partial charge in [-0.3, -0.25) is 9.69 Å². The third-order valence-corrected chi connectivity index (χ3v) is 4.85. The summed E-state index contributed by atoms with van der Waals surface area (Å²) in [5, 5.41) is 4.26. The third kappa shape index (κ3) is 4.78. The van der Waals surface area contributed by atoms with Crippen LogP contribution in [0.3, 0.4) is 0 Å².